The number of hydrogen-bond acceptors (Lipinski definition) is 2. The first-order valence-corrected chi connectivity index (χ1v) is 14.7. The fraction of sp³-hybridized carbons (Fsp3) is 0.677. The highest BCUT2D eigenvalue weighted by Crippen LogP contribution is 2.20. The molecule has 2 aliphatic rings. The van der Waals surface area contributed by atoms with E-state index in [-0.39, 0.29) is 34.0 Å². The summed E-state index contributed by atoms with van der Waals surface area (Å²) in [7, 11) is 0. The lowest BCUT2D eigenvalue weighted by atomic mass is 9.96. The van der Waals surface area contributed by atoms with Crippen LogP contribution in [0.25, 0.3) is 0 Å². The number of unbranched alkanes of at least 4 members (excludes halogenated alkanes) is 6. The minimum Gasteiger partial charge on any atom is -0.354 e. The summed E-state index contributed by atoms with van der Waals surface area (Å²) in [5.41, 5.74) is 0. The fourth-order valence-corrected chi connectivity index (χ4v) is 5.68. The molecule has 0 aromatic carbocycles. The molecule has 0 N–H and O–H groups in total. The van der Waals surface area contributed by atoms with Crippen LogP contribution in [0.3, 0.4) is 0 Å². The van der Waals surface area contributed by atoms with Crippen LogP contribution in [0, 0.1) is 0 Å². The number of hydrogen-bond donors (Lipinski definition) is 0. The number of aromatic nitrogens is 2. The van der Waals surface area contributed by atoms with Gasteiger partial charge < -0.3 is 9.13 Å². The van der Waals surface area contributed by atoms with Gasteiger partial charge in [0.15, 0.2) is 0 Å². The lowest BCUT2D eigenvalue weighted by Crippen LogP contribution is -2.15. The minimum atomic E-state index is 0. The second-order valence-electron chi connectivity index (χ2n) is 10.9. The van der Waals surface area contributed by atoms with Crippen LogP contribution < -0.4 is 10.7 Å². The molecule has 0 amide bonds. The zero-order valence-electron chi connectivity index (χ0n) is 22.8. The van der Waals surface area contributed by atoms with Gasteiger partial charge in [-0.2, -0.15) is 0 Å². The molecule has 4 rings (SSSR count). The molecular formula is C31H50Br2N4. The molecule has 4 nitrogen and oxygen atoms in total. The topological polar surface area (TPSA) is 34.6 Å². The standard InChI is InChI=1S/C31H48N4.2BrH/c1(2-4-12-22-34-24-18-30(19-25-34)32-28-14-8-6-9-15-28)3-5-13-23-35-26-20-31(21-27-35)33-29-16-10-7-11-17-29;;/h18-21,24-29H,1-17,22-23H2;2*1H. The van der Waals surface area contributed by atoms with Crippen molar-refractivity contribution in [2.24, 2.45) is 9.98 Å². The molecule has 0 bridgehead atoms. The number of rotatable bonds is 12. The third-order valence-electron chi connectivity index (χ3n) is 7.89. The van der Waals surface area contributed by atoms with Crippen molar-refractivity contribution in [3.8, 4) is 0 Å². The average molecular weight is 639 g/mol. The third kappa shape index (κ3) is 12.5. The van der Waals surface area contributed by atoms with E-state index < -0.39 is 0 Å². The highest BCUT2D eigenvalue weighted by molar-refractivity contribution is 8.93. The van der Waals surface area contributed by atoms with Crippen LogP contribution >= 0.6 is 34.0 Å². The van der Waals surface area contributed by atoms with E-state index in [2.05, 4.69) is 58.2 Å². The number of pyridine rings is 2. The first kappa shape index (κ1) is 32.1. The van der Waals surface area contributed by atoms with Crippen molar-refractivity contribution in [1.29, 1.82) is 0 Å². The zero-order valence-corrected chi connectivity index (χ0v) is 26.2. The number of halogens is 2. The van der Waals surface area contributed by atoms with Crippen LogP contribution in [-0.2, 0) is 13.1 Å². The molecule has 208 valence electrons. The molecule has 2 aromatic rings. The summed E-state index contributed by atoms with van der Waals surface area (Å²) >= 11 is 0. The van der Waals surface area contributed by atoms with Gasteiger partial charge in [-0.25, -0.2) is 0 Å². The van der Waals surface area contributed by atoms with Crippen molar-refractivity contribution < 1.29 is 0 Å². The monoisotopic (exact) mass is 636 g/mol. The Morgan fingerprint density at radius 3 is 1.16 bits per heavy atom. The van der Waals surface area contributed by atoms with Gasteiger partial charge in [-0.05, 0) is 62.8 Å². The molecule has 2 aromatic heterocycles. The van der Waals surface area contributed by atoms with Gasteiger partial charge in [-0.1, -0.05) is 70.6 Å². The Labute approximate surface area is 246 Å². The predicted molar refractivity (Wildman–Crippen MR) is 167 cm³/mol. The fourth-order valence-electron chi connectivity index (χ4n) is 5.68. The lowest BCUT2D eigenvalue weighted by molar-refractivity contribution is 0.437. The van der Waals surface area contributed by atoms with Crippen LogP contribution in [0.5, 0.6) is 0 Å². The van der Waals surface area contributed by atoms with Crippen molar-refractivity contribution in [2.45, 2.75) is 134 Å². The lowest BCUT2D eigenvalue weighted by Gasteiger charge is -2.17. The zero-order chi connectivity index (χ0) is 24.0. The first-order chi connectivity index (χ1) is 17.3. The van der Waals surface area contributed by atoms with E-state index in [1.807, 2.05) is 0 Å². The maximum absolute atomic E-state index is 4.93. The van der Waals surface area contributed by atoms with Crippen molar-refractivity contribution in [2.75, 3.05) is 0 Å². The normalized spacial score (nSPS) is 16.4. The van der Waals surface area contributed by atoms with E-state index in [1.165, 1.54) is 109 Å². The van der Waals surface area contributed by atoms with Crippen LogP contribution in [0.15, 0.2) is 59.0 Å². The summed E-state index contributed by atoms with van der Waals surface area (Å²) in [6.07, 6.45) is 31.5. The van der Waals surface area contributed by atoms with Crippen molar-refractivity contribution >= 4 is 34.0 Å². The van der Waals surface area contributed by atoms with Gasteiger partial charge in [-0.3, -0.25) is 9.98 Å². The summed E-state index contributed by atoms with van der Waals surface area (Å²) in [6.45, 7) is 2.26. The molecular weight excluding hydrogens is 588 g/mol. The number of aryl methyl sites for hydroxylation is 2. The molecule has 0 atom stereocenters. The molecule has 0 radical (unpaired) electrons. The van der Waals surface area contributed by atoms with Gasteiger partial charge in [-0.15, -0.1) is 34.0 Å². The average Bonchev–Trinajstić information content (AvgIpc) is 2.91. The molecule has 6 heteroatoms. The first-order valence-electron chi connectivity index (χ1n) is 14.7. The molecule has 2 heterocycles. The molecule has 0 saturated heterocycles. The van der Waals surface area contributed by atoms with Crippen molar-refractivity contribution in [3.63, 3.8) is 0 Å². The molecule has 2 saturated carbocycles. The Bertz CT molecular complexity index is 865. The van der Waals surface area contributed by atoms with E-state index in [0.29, 0.717) is 12.1 Å². The molecule has 0 aliphatic heterocycles. The van der Waals surface area contributed by atoms with E-state index in [1.54, 1.807) is 0 Å². The maximum atomic E-state index is 4.93. The summed E-state index contributed by atoms with van der Waals surface area (Å²) in [5.74, 6) is 0. The molecule has 0 unspecified atom stereocenters. The van der Waals surface area contributed by atoms with Crippen LogP contribution in [0.4, 0.5) is 0 Å². The predicted octanol–water partition coefficient (Wildman–Crippen LogP) is 8.34. The van der Waals surface area contributed by atoms with Crippen LogP contribution in [-0.4, -0.2) is 21.2 Å². The Balaban J connectivity index is 0.00000241. The van der Waals surface area contributed by atoms with Gasteiger partial charge in [0.1, 0.15) is 0 Å². The van der Waals surface area contributed by atoms with Crippen molar-refractivity contribution in [1.82, 2.24) is 9.13 Å². The van der Waals surface area contributed by atoms with Gasteiger partial charge in [0.25, 0.3) is 0 Å². The largest absolute Gasteiger partial charge is 0.354 e. The Kier molecular flexibility index (Phi) is 16.5. The van der Waals surface area contributed by atoms with E-state index >= 15 is 0 Å². The highest BCUT2D eigenvalue weighted by Gasteiger charge is 2.11. The van der Waals surface area contributed by atoms with E-state index in [0.717, 1.165) is 23.8 Å². The van der Waals surface area contributed by atoms with E-state index in [9.17, 15) is 0 Å². The van der Waals surface area contributed by atoms with Gasteiger partial charge >= 0.3 is 0 Å². The molecule has 2 fully saturated rings. The Morgan fingerprint density at radius 1 is 0.486 bits per heavy atom. The summed E-state index contributed by atoms with van der Waals surface area (Å²) in [4.78, 5) is 9.86. The summed E-state index contributed by atoms with van der Waals surface area (Å²) < 4.78 is 4.65. The number of nitrogens with zero attached hydrogens (tertiary/aromatic N) is 4. The Morgan fingerprint density at radius 2 is 0.811 bits per heavy atom. The summed E-state index contributed by atoms with van der Waals surface area (Å²) in [6, 6.07) is 9.92. The molecule has 37 heavy (non-hydrogen) atoms. The van der Waals surface area contributed by atoms with Crippen LogP contribution in [0.1, 0.15) is 109 Å². The quantitative estimate of drug-likeness (QED) is 0.210. The SMILES string of the molecule is Br.Br.c1cn(CCCCCCCCCn2ccc(=NC3CCCCC3)cc2)ccc1=NC1CCCCC1. The minimum absolute atomic E-state index is 0. The second-order valence-corrected chi connectivity index (χ2v) is 10.9. The van der Waals surface area contributed by atoms with Gasteiger partial charge in [0.2, 0.25) is 0 Å². The van der Waals surface area contributed by atoms with E-state index in [4.69, 9.17) is 9.98 Å². The Hall–Kier alpha value is -1.14. The van der Waals surface area contributed by atoms with Crippen LogP contribution in [0.2, 0.25) is 0 Å². The molecule has 0 spiro atoms. The highest BCUT2D eigenvalue weighted by atomic mass is 79.9. The van der Waals surface area contributed by atoms with Gasteiger partial charge in [0.05, 0.1) is 22.8 Å². The molecule has 2 aliphatic carbocycles. The maximum Gasteiger partial charge on any atom is 0.0606 e. The smallest absolute Gasteiger partial charge is 0.0606 e. The van der Waals surface area contributed by atoms with Crippen molar-refractivity contribution in [3.05, 3.63) is 59.8 Å². The second kappa shape index (κ2) is 19.0. The third-order valence-corrected chi connectivity index (χ3v) is 7.89. The van der Waals surface area contributed by atoms with Gasteiger partial charge in [0, 0.05) is 37.9 Å². The summed E-state index contributed by atoms with van der Waals surface area (Å²) in [5, 5.41) is 2.33.